The number of nitrogens with two attached hydrogens (primary N) is 1. The Morgan fingerprint density at radius 3 is 2.81 bits per heavy atom. The lowest BCUT2D eigenvalue weighted by Gasteiger charge is -2.07. The molecular formula is C23H22ClN7. The number of rotatable bonds is 6. The number of nitrogens with one attached hydrogen (secondary N) is 2. The summed E-state index contributed by atoms with van der Waals surface area (Å²) >= 11 is 6.42. The van der Waals surface area contributed by atoms with Crippen LogP contribution in [0.15, 0.2) is 55.1 Å². The highest BCUT2D eigenvalue weighted by molar-refractivity contribution is 6.31. The van der Waals surface area contributed by atoms with Crippen molar-refractivity contribution in [2.75, 3.05) is 5.73 Å². The number of H-pyrrole nitrogens is 1. The maximum atomic E-state index is 6.42. The summed E-state index contributed by atoms with van der Waals surface area (Å²) in [6.45, 7) is 4.25. The number of aryl methyl sites for hydroxylation is 1. The molecule has 0 unspecified atom stereocenters. The molecule has 3 aromatic heterocycles. The number of imidazole rings is 1. The summed E-state index contributed by atoms with van der Waals surface area (Å²) in [5.41, 5.74) is 13.0. The predicted molar refractivity (Wildman–Crippen MR) is 124 cm³/mol. The second kappa shape index (κ2) is 8.02. The smallest absolute Gasteiger partial charge is 0.165 e. The quantitative estimate of drug-likeness (QED) is 0.374. The minimum Gasteiger partial charge on any atom is -0.382 e. The third kappa shape index (κ3) is 3.85. The average molecular weight is 432 g/mol. The number of hydrogen-bond donors (Lipinski definition) is 3. The fourth-order valence-corrected chi connectivity index (χ4v) is 4.14. The molecule has 0 aliphatic heterocycles. The zero-order chi connectivity index (χ0) is 21.4. The zero-order valence-corrected chi connectivity index (χ0v) is 17.8. The van der Waals surface area contributed by atoms with Gasteiger partial charge in [-0.15, -0.1) is 0 Å². The van der Waals surface area contributed by atoms with E-state index in [-0.39, 0.29) is 0 Å². The number of nitrogens with zero attached hydrogens (tertiary/aromatic N) is 4. The molecule has 0 saturated carbocycles. The van der Waals surface area contributed by atoms with Crippen LogP contribution in [0.4, 0.5) is 5.82 Å². The molecule has 156 valence electrons. The molecule has 0 atom stereocenters. The molecule has 7 nitrogen and oxygen atoms in total. The predicted octanol–water partition coefficient (Wildman–Crippen LogP) is 4.19. The Hall–Kier alpha value is -3.42. The van der Waals surface area contributed by atoms with Crippen LogP contribution >= 0.6 is 11.6 Å². The summed E-state index contributed by atoms with van der Waals surface area (Å²) in [7, 11) is 0. The number of benzene rings is 2. The molecule has 4 N–H and O–H groups in total. The van der Waals surface area contributed by atoms with Gasteiger partial charge in [0.15, 0.2) is 11.5 Å². The van der Waals surface area contributed by atoms with Crippen molar-refractivity contribution in [1.29, 1.82) is 0 Å². The Bertz CT molecular complexity index is 1390. The first kappa shape index (κ1) is 19.5. The number of hydrogen-bond acceptors (Lipinski definition) is 5. The van der Waals surface area contributed by atoms with Crippen LogP contribution in [0.2, 0.25) is 5.02 Å². The van der Waals surface area contributed by atoms with Gasteiger partial charge in [0, 0.05) is 29.2 Å². The van der Waals surface area contributed by atoms with Crippen molar-refractivity contribution < 1.29 is 0 Å². The van der Waals surface area contributed by atoms with Crippen molar-refractivity contribution >= 4 is 39.5 Å². The van der Waals surface area contributed by atoms with Gasteiger partial charge in [0.05, 0.1) is 18.4 Å². The zero-order valence-electron chi connectivity index (χ0n) is 17.1. The molecule has 8 heteroatoms. The Morgan fingerprint density at radius 2 is 1.94 bits per heavy atom. The van der Waals surface area contributed by atoms with Gasteiger partial charge >= 0.3 is 0 Å². The summed E-state index contributed by atoms with van der Waals surface area (Å²) in [6, 6.07) is 14.5. The fraction of sp³-hybridized carbons (Fsp3) is 0.174. The highest BCUT2D eigenvalue weighted by Crippen LogP contribution is 2.26. The minimum absolute atomic E-state index is 0.377. The van der Waals surface area contributed by atoms with E-state index < -0.39 is 0 Å². The first-order chi connectivity index (χ1) is 15.1. The van der Waals surface area contributed by atoms with E-state index in [1.807, 2.05) is 16.7 Å². The SMILES string of the molecule is Cc1ccccc1CNCc1cc2cc(Cl)cc(Cn3cnc4c(N)ncnc43)c2[nH]1. The van der Waals surface area contributed by atoms with Crippen molar-refractivity contribution in [3.63, 3.8) is 0 Å². The summed E-state index contributed by atoms with van der Waals surface area (Å²) in [6.07, 6.45) is 3.19. The Balaban J connectivity index is 1.40. The van der Waals surface area contributed by atoms with Crippen LogP contribution in [0.25, 0.3) is 22.1 Å². The third-order valence-electron chi connectivity index (χ3n) is 5.49. The molecule has 0 spiro atoms. The van der Waals surface area contributed by atoms with Gasteiger partial charge in [-0.2, -0.15) is 0 Å². The molecule has 0 saturated heterocycles. The number of anilines is 1. The lowest BCUT2D eigenvalue weighted by molar-refractivity contribution is 0.681. The van der Waals surface area contributed by atoms with Gasteiger partial charge in [0.25, 0.3) is 0 Å². The standard InChI is InChI=1S/C23H22ClN7/c1-14-4-2-3-5-15(14)9-26-10-19-8-16-6-18(24)7-17(20(16)30-19)11-31-13-29-21-22(25)27-12-28-23(21)31/h2-8,12-13,26,30H,9-11H2,1H3,(H2,25,27,28). The van der Waals surface area contributed by atoms with E-state index in [1.165, 1.54) is 17.5 Å². The van der Waals surface area contributed by atoms with Crippen LogP contribution in [0.3, 0.4) is 0 Å². The number of aromatic amines is 1. The first-order valence-corrected chi connectivity index (χ1v) is 10.4. The van der Waals surface area contributed by atoms with Crippen molar-refractivity contribution in [1.82, 2.24) is 29.8 Å². The normalized spacial score (nSPS) is 11.5. The van der Waals surface area contributed by atoms with Gasteiger partial charge < -0.3 is 20.6 Å². The molecular weight excluding hydrogens is 410 g/mol. The summed E-state index contributed by atoms with van der Waals surface area (Å²) < 4.78 is 1.95. The van der Waals surface area contributed by atoms with E-state index in [0.29, 0.717) is 28.5 Å². The molecule has 0 fully saturated rings. The van der Waals surface area contributed by atoms with E-state index >= 15 is 0 Å². The van der Waals surface area contributed by atoms with E-state index in [1.54, 1.807) is 6.33 Å². The molecule has 5 rings (SSSR count). The molecule has 3 heterocycles. The molecule has 0 radical (unpaired) electrons. The molecule has 0 aliphatic rings. The highest BCUT2D eigenvalue weighted by atomic mass is 35.5. The van der Waals surface area contributed by atoms with E-state index in [9.17, 15) is 0 Å². The van der Waals surface area contributed by atoms with Crippen LogP contribution in [-0.2, 0) is 19.6 Å². The molecule has 2 aromatic carbocycles. The third-order valence-corrected chi connectivity index (χ3v) is 5.71. The van der Waals surface area contributed by atoms with E-state index in [0.717, 1.165) is 35.2 Å². The van der Waals surface area contributed by atoms with Gasteiger partial charge in [-0.05, 0) is 41.8 Å². The van der Waals surface area contributed by atoms with Crippen LogP contribution in [0.1, 0.15) is 22.4 Å². The van der Waals surface area contributed by atoms with Gasteiger partial charge in [-0.3, -0.25) is 0 Å². The van der Waals surface area contributed by atoms with Crippen molar-refractivity contribution in [3.8, 4) is 0 Å². The largest absolute Gasteiger partial charge is 0.382 e. The first-order valence-electron chi connectivity index (χ1n) is 10.0. The highest BCUT2D eigenvalue weighted by Gasteiger charge is 2.12. The summed E-state index contributed by atoms with van der Waals surface area (Å²) in [4.78, 5) is 16.3. The Kier molecular flexibility index (Phi) is 5.05. The number of aromatic nitrogens is 5. The maximum absolute atomic E-state index is 6.42. The molecule has 0 aliphatic carbocycles. The Labute approximate surface area is 184 Å². The van der Waals surface area contributed by atoms with Crippen LogP contribution in [0.5, 0.6) is 0 Å². The van der Waals surface area contributed by atoms with Gasteiger partial charge in [-0.25, -0.2) is 15.0 Å². The van der Waals surface area contributed by atoms with Crippen molar-refractivity contribution in [2.24, 2.45) is 0 Å². The summed E-state index contributed by atoms with van der Waals surface area (Å²) in [5, 5.41) is 5.29. The second-order valence-corrected chi connectivity index (χ2v) is 8.09. The topological polar surface area (TPSA) is 97.4 Å². The minimum atomic E-state index is 0.377. The lowest BCUT2D eigenvalue weighted by atomic mass is 10.1. The van der Waals surface area contributed by atoms with E-state index in [2.05, 4.69) is 62.5 Å². The second-order valence-electron chi connectivity index (χ2n) is 7.66. The van der Waals surface area contributed by atoms with E-state index in [4.69, 9.17) is 17.3 Å². The number of fused-ring (bicyclic) bond motifs is 2. The van der Waals surface area contributed by atoms with Crippen molar-refractivity contribution in [2.45, 2.75) is 26.6 Å². The maximum Gasteiger partial charge on any atom is 0.165 e. The van der Waals surface area contributed by atoms with Gasteiger partial charge in [0.2, 0.25) is 0 Å². The average Bonchev–Trinajstić information content (AvgIpc) is 3.34. The van der Waals surface area contributed by atoms with Gasteiger partial charge in [-0.1, -0.05) is 35.9 Å². The van der Waals surface area contributed by atoms with Crippen LogP contribution in [-0.4, -0.2) is 24.5 Å². The Morgan fingerprint density at radius 1 is 1.06 bits per heavy atom. The number of halogens is 1. The molecule has 31 heavy (non-hydrogen) atoms. The van der Waals surface area contributed by atoms with Crippen LogP contribution < -0.4 is 11.1 Å². The lowest BCUT2D eigenvalue weighted by Crippen LogP contribution is -2.13. The van der Waals surface area contributed by atoms with Gasteiger partial charge in [0.1, 0.15) is 11.8 Å². The molecule has 0 amide bonds. The fourth-order valence-electron chi connectivity index (χ4n) is 3.90. The summed E-state index contributed by atoms with van der Waals surface area (Å²) in [5.74, 6) is 0.377. The molecule has 0 bridgehead atoms. The number of nitrogen functional groups attached to an aromatic ring is 1. The molecule has 5 aromatic rings. The monoisotopic (exact) mass is 431 g/mol. The van der Waals surface area contributed by atoms with Crippen LogP contribution in [0, 0.1) is 6.92 Å². The van der Waals surface area contributed by atoms with Crippen molar-refractivity contribution in [3.05, 3.63) is 82.5 Å².